The fraction of sp³-hybridized carbons (Fsp3) is 0.414. The molecule has 0 spiro atoms. The average Bonchev–Trinajstić information content (AvgIpc) is 2.99. The van der Waals surface area contributed by atoms with Crippen LogP contribution in [0.3, 0.4) is 0 Å². The molecular weight excluding hydrogens is 557 g/mol. The van der Waals surface area contributed by atoms with E-state index in [2.05, 4.69) is 9.80 Å². The van der Waals surface area contributed by atoms with Crippen molar-refractivity contribution in [1.29, 1.82) is 0 Å². The standard InChI is InChI=1S/C25H31F3N4O2.C4H4O4/c26-25(27,28)22-7-4-8-23(19-22)31-15-11-29(12-16-31)9-10-30-13-17-32(18-14-30)24(33)34-20-21-5-2-1-3-6-21;5-3(6)1-2-4(7)8/h1-8,19H,9-18,20H2;1-2H,(H,5,6)(H,7,8)/b;2-1+. The van der Waals surface area contributed by atoms with Crippen LogP contribution in [-0.2, 0) is 27.1 Å². The summed E-state index contributed by atoms with van der Waals surface area (Å²) in [5.74, 6) is -2.51. The summed E-state index contributed by atoms with van der Waals surface area (Å²) in [6, 6.07) is 15.2. The third kappa shape index (κ3) is 11.1. The van der Waals surface area contributed by atoms with Crippen molar-refractivity contribution in [3.05, 3.63) is 77.9 Å². The molecular formula is C29H35F3N4O6. The highest BCUT2D eigenvalue weighted by molar-refractivity contribution is 5.89. The molecule has 42 heavy (non-hydrogen) atoms. The molecule has 0 aliphatic carbocycles. The van der Waals surface area contributed by atoms with Gasteiger partial charge in [-0.15, -0.1) is 0 Å². The number of hydrogen-bond acceptors (Lipinski definition) is 7. The molecule has 13 heteroatoms. The summed E-state index contributed by atoms with van der Waals surface area (Å²) in [7, 11) is 0. The highest BCUT2D eigenvalue weighted by Crippen LogP contribution is 2.31. The van der Waals surface area contributed by atoms with Crippen LogP contribution in [0.25, 0.3) is 0 Å². The normalized spacial score (nSPS) is 16.5. The molecule has 0 saturated carbocycles. The molecule has 10 nitrogen and oxygen atoms in total. The van der Waals surface area contributed by atoms with Gasteiger partial charge in [0.1, 0.15) is 6.61 Å². The van der Waals surface area contributed by atoms with Crippen LogP contribution in [0.5, 0.6) is 0 Å². The van der Waals surface area contributed by atoms with Gasteiger partial charge in [-0.2, -0.15) is 13.2 Å². The third-order valence-electron chi connectivity index (χ3n) is 6.85. The monoisotopic (exact) mass is 592 g/mol. The van der Waals surface area contributed by atoms with Crippen molar-refractivity contribution in [2.24, 2.45) is 0 Å². The predicted octanol–water partition coefficient (Wildman–Crippen LogP) is 3.49. The van der Waals surface area contributed by atoms with Crippen LogP contribution < -0.4 is 4.90 Å². The Morgan fingerprint density at radius 3 is 1.83 bits per heavy atom. The van der Waals surface area contributed by atoms with E-state index in [0.29, 0.717) is 44.0 Å². The van der Waals surface area contributed by atoms with Crippen LogP contribution in [0.1, 0.15) is 11.1 Å². The van der Waals surface area contributed by atoms with Crippen molar-refractivity contribution in [2.75, 3.05) is 70.3 Å². The maximum atomic E-state index is 13.0. The van der Waals surface area contributed by atoms with Gasteiger partial charge in [0.2, 0.25) is 0 Å². The second kappa shape index (κ2) is 15.8. The van der Waals surface area contributed by atoms with Crippen molar-refractivity contribution in [3.8, 4) is 0 Å². The van der Waals surface area contributed by atoms with E-state index in [1.807, 2.05) is 35.2 Å². The van der Waals surface area contributed by atoms with Crippen LogP contribution in [0.2, 0.25) is 0 Å². The Bertz CT molecular complexity index is 1180. The van der Waals surface area contributed by atoms with Crippen LogP contribution in [0, 0.1) is 0 Å². The molecule has 2 aromatic carbocycles. The summed E-state index contributed by atoms with van der Waals surface area (Å²) in [4.78, 5) is 39.9. The first-order valence-corrected chi connectivity index (χ1v) is 13.5. The largest absolute Gasteiger partial charge is 0.478 e. The fourth-order valence-electron chi connectivity index (χ4n) is 4.50. The number of benzene rings is 2. The highest BCUT2D eigenvalue weighted by atomic mass is 19.4. The lowest BCUT2D eigenvalue weighted by atomic mass is 10.1. The van der Waals surface area contributed by atoms with Gasteiger partial charge >= 0.3 is 24.2 Å². The number of rotatable bonds is 8. The summed E-state index contributed by atoms with van der Waals surface area (Å²) in [6.07, 6.45) is -3.47. The third-order valence-corrected chi connectivity index (χ3v) is 6.85. The Labute approximate surface area is 242 Å². The summed E-state index contributed by atoms with van der Waals surface area (Å²) in [5.41, 5.74) is 1.00. The Hall–Kier alpha value is -4.10. The number of anilines is 1. The number of amides is 1. The van der Waals surface area contributed by atoms with E-state index in [1.165, 1.54) is 12.1 Å². The summed E-state index contributed by atoms with van der Waals surface area (Å²) in [5, 5.41) is 15.6. The number of hydrogen-bond donors (Lipinski definition) is 2. The number of carboxylic acids is 2. The van der Waals surface area contributed by atoms with Crippen molar-refractivity contribution < 1.29 is 42.5 Å². The van der Waals surface area contributed by atoms with E-state index in [9.17, 15) is 27.6 Å². The molecule has 2 heterocycles. The van der Waals surface area contributed by atoms with Crippen LogP contribution in [0.4, 0.5) is 23.7 Å². The highest BCUT2D eigenvalue weighted by Gasteiger charge is 2.31. The van der Waals surface area contributed by atoms with Crippen LogP contribution in [0.15, 0.2) is 66.7 Å². The van der Waals surface area contributed by atoms with Gasteiger partial charge in [0.15, 0.2) is 0 Å². The predicted molar refractivity (Wildman–Crippen MR) is 149 cm³/mol. The molecule has 0 unspecified atom stereocenters. The number of nitrogens with zero attached hydrogens (tertiary/aromatic N) is 4. The molecule has 228 valence electrons. The zero-order chi connectivity index (χ0) is 30.5. The molecule has 2 aliphatic rings. The lowest BCUT2D eigenvalue weighted by Crippen LogP contribution is -2.52. The van der Waals surface area contributed by atoms with E-state index in [4.69, 9.17) is 14.9 Å². The molecule has 0 atom stereocenters. The molecule has 0 bridgehead atoms. The second-order valence-corrected chi connectivity index (χ2v) is 9.76. The van der Waals surface area contributed by atoms with Gasteiger partial charge in [0.05, 0.1) is 5.56 Å². The van der Waals surface area contributed by atoms with Crippen molar-refractivity contribution in [2.45, 2.75) is 12.8 Å². The average molecular weight is 593 g/mol. The molecule has 1 amide bonds. The van der Waals surface area contributed by atoms with Gasteiger partial charge < -0.3 is 24.7 Å². The number of halogens is 3. The summed E-state index contributed by atoms with van der Waals surface area (Å²) < 4.78 is 44.4. The Morgan fingerprint density at radius 1 is 0.762 bits per heavy atom. The van der Waals surface area contributed by atoms with E-state index >= 15 is 0 Å². The van der Waals surface area contributed by atoms with Crippen molar-refractivity contribution in [1.82, 2.24) is 14.7 Å². The van der Waals surface area contributed by atoms with Crippen LogP contribution >= 0.6 is 0 Å². The molecule has 2 saturated heterocycles. The first kappa shape index (κ1) is 32.4. The molecule has 2 fully saturated rings. The van der Waals surface area contributed by atoms with Gasteiger partial charge in [-0.3, -0.25) is 9.80 Å². The SMILES string of the molecule is O=C(O)/C=C/C(=O)O.O=C(OCc1ccccc1)N1CCN(CCN2CCN(c3cccc(C(F)(F)F)c3)CC2)CC1. The maximum Gasteiger partial charge on any atom is 0.416 e. The van der Waals surface area contributed by atoms with Crippen molar-refractivity contribution >= 4 is 23.7 Å². The van der Waals surface area contributed by atoms with Crippen molar-refractivity contribution in [3.63, 3.8) is 0 Å². The number of carbonyl (C=O) groups excluding carboxylic acids is 1. The van der Waals surface area contributed by atoms with E-state index in [-0.39, 0.29) is 12.7 Å². The second-order valence-electron chi connectivity index (χ2n) is 9.76. The first-order chi connectivity index (χ1) is 20.0. The smallest absolute Gasteiger partial charge is 0.416 e. The minimum atomic E-state index is -4.32. The van der Waals surface area contributed by atoms with Gasteiger partial charge in [-0.05, 0) is 23.8 Å². The minimum absolute atomic E-state index is 0.269. The lowest BCUT2D eigenvalue weighted by molar-refractivity contribution is -0.137. The topological polar surface area (TPSA) is 114 Å². The van der Waals surface area contributed by atoms with Gasteiger partial charge in [0.25, 0.3) is 0 Å². The van der Waals surface area contributed by atoms with Gasteiger partial charge in [-0.1, -0.05) is 36.4 Å². The minimum Gasteiger partial charge on any atom is -0.478 e. The Balaban J connectivity index is 0.000000531. The Kier molecular flexibility index (Phi) is 12.2. The number of piperazine rings is 2. The van der Waals surface area contributed by atoms with E-state index in [1.54, 1.807) is 11.0 Å². The summed E-state index contributed by atoms with van der Waals surface area (Å²) in [6.45, 7) is 8.09. The van der Waals surface area contributed by atoms with Crippen LogP contribution in [-0.4, -0.2) is 108 Å². The fourth-order valence-corrected chi connectivity index (χ4v) is 4.50. The molecule has 2 aliphatic heterocycles. The Morgan fingerprint density at radius 2 is 1.31 bits per heavy atom. The lowest BCUT2D eigenvalue weighted by Gasteiger charge is -2.38. The molecule has 2 aromatic rings. The number of carboxylic acid groups (broad SMARTS) is 2. The first-order valence-electron chi connectivity index (χ1n) is 13.5. The maximum absolute atomic E-state index is 13.0. The molecule has 2 N–H and O–H groups in total. The zero-order valence-corrected chi connectivity index (χ0v) is 23.1. The molecule has 4 rings (SSSR count). The summed E-state index contributed by atoms with van der Waals surface area (Å²) >= 11 is 0. The quantitative estimate of drug-likeness (QED) is 0.445. The van der Waals surface area contributed by atoms with E-state index in [0.717, 1.165) is 50.9 Å². The molecule has 0 aromatic heterocycles. The number of alkyl halides is 3. The number of ether oxygens (including phenoxy) is 1. The number of carbonyl (C=O) groups is 3. The van der Waals surface area contributed by atoms with Gasteiger partial charge in [-0.25, -0.2) is 14.4 Å². The number of aliphatic carboxylic acids is 2. The zero-order valence-electron chi connectivity index (χ0n) is 23.1. The van der Waals surface area contributed by atoms with E-state index < -0.39 is 23.7 Å². The van der Waals surface area contributed by atoms with Gasteiger partial charge in [0, 0.05) is 83.3 Å². The molecule has 0 radical (unpaired) electrons.